The van der Waals surface area contributed by atoms with Crippen LogP contribution in [0.25, 0.3) is 0 Å². The molecule has 1 fully saturated rings. The predicted molar refractivity (Wildman–Crippen MR) is 85.0 cm³/mol. The largest absolute Gasteiger partial charge is 0.345 e. The lowest BCUT2D eigenvalue weighted by atomic mass is 9.75. The molecule has 0 aliphatic carbocycles. The average Bonchev–Trinajstić information content (AvgIpc) is 2.54. The van der Waals surface area contributed by atoms with Crippen LogP contribution in [-0.4, -0.2) is 42.5 Å². The van der Waals surface area contributed by atoms with Gasteiger partial charge >= 0.3 is 0 Å². The van der Waals surface area contributed by atoms with E-state index in [0.717, 1.165) is 57.4 Å². The van der Waals surface area contributed by atoms with Crippen molar-refractivity contribution in [2.24, 2.45) is 5.41 Å². The van der Waals surface area contributed by atoms with Crippen LogP contribution in [0.2, 0.25) is 0 Å². The lowest BCUT2D eigenvalue weighted by molar-refractivity contribution is -0.142. The van der Waals surface area contributed by atoms with E-state index < -0.39 is 0 Å². The van der Waals surface area contributed by atoms with Crippen molar-refractivity contribution < 1.29 is 4.79 Å². The standard InChI is InChI=1S/C17H27N3O/c1-3-9-17(10-6-11-18-14-17)16(21)20(2)13-8-15-7-4-5-12-19-15/h4-5,7,12,18H,3,6,8-11,13-14H2,1-2H3. The molecular weight excluding hydrogens is 262 g/mol. The summed E-state index contributed by atoms with van der Waals surface area (Å²) >= 11 is 0. The summed E-state index contributed by atoms with van der Waals surface area (Å²) in [5, 5.41) is 3.41. The van der Waals surface area contributed by atoms with E-state index in [1.807, 2.05) is 30.1 Å². The van der Waals surface area contributed by atoms with Crippen molar-refractivity contribution >= 4 is 5.91 Å². The van der Waals surface area contributed by atoms with Crippen molar-refractivity contribution in [2.75, 3.05) is 26.7 Å². The normalized spacial score (nSPS) is 22.0. The zero-order valence-electron chi connectivity index (χ0n) is 13.3. The Kier molecular flexibility index (Phi) is 5.74. The second-order valence-corrected chi connectivity index (χ2v) is 6.11. The van der Waals surface area contributed by atoms with Crippen molar-refractivity contribution in [1.29, 1.82) is 0 Å². The van der Waals surface area contributed by atoms with E-state index in [0.29, 0.717) is 5.91 Å². The molecule has 0 saturated carbocycles. The van der Waals surface area contributed by atoms with Crippen molar-refractivity contribution in [3.63, 3.8) is 0 Å². The van der Waals surface area contributed by atoms with Crippen LogP contribution in [0.15, 0.2) is 24.4 Å². The van der Waals surface area contributed by atoms with Gasteiger partial charge in [0.25, 0.3) is 0 Å². The average molecular weight is 289 g/mol. The predicted octanol–water partition coefficient (Wildman–Crippen LogP) is 2.25. The first-order valence-electron chi connectivity index (χ1n) is 8.04. The van der Waals surface area contributed by atoms with Gasteiger partial charge in [-0.25, -0.2) is 0 Å². The first-order valence-corrected chi connectivity index (χ1v) is 8.04. The maximum atomic E-state index is 12.9. The lowest BCUT2D eigenvalue weighted by Gasteiger charge is -2.39. The molecule has 1 saturated heterocycles. The summed E-state index contributed by atoms with van der Waals surface area (Å²) in [6.45, 7) is 4.77. The van der Waals surface area contributed by atoms with Crippen molar-refractivity contribution in [2.45, 2.75) is 39.0 Å². The first kappa shape index (κ1) is 16.0. The van der Waals surface area contributed by atoms with E-state index in [4.69, 9.17) is 0 Å². The Hall–Kier alpha value is -1.42. The van der Waals surface area contributed by atoms with Gasteiger partial charge in [0, 0.05) is 38.4 Å². The summed E-state index contributed by atoms with van der Waals surface area (Å²) in [7, 11) is 1.93. The molecule has 2 heterocycles. The summed E-state index contributed by atoms with van der Waals surface area (Å²) < 4.78 is 0. The number of pyridine rings is 1. The molecule has 1 aliphatic heterocycles. The van der Waals surface area contributed by atoms with Crippen molar-refractivity contribution in [1.82, 2.24) is 15.2 Å². The van der Waals surface area contributed by atoms with E-state index in [9.17, 15) is 4.79 Å². The van der Waals surface area contributed by atoms with Crippen molar-refractivity contribution in [3.05, 3.63) is 30.1 Å². The Labute approximate surface area is 127 Å². The molecule has 1 unspecified atom stereocenters. The third-order valence-corrected chi connectivity index (χ3v) is 4.43. The van der Waals surface area contributed by atoms with Crippen molar-refractivity contribution in [3.8, 4) is 0 Å². The minimum Gasteiger partial charge on any atom is -0.345 e. The van der Waals surface area contributed by atoms with Crippen LogP contribution in [-0.2, 0) is 11.2 Å². The van der Waals surface area contributed by atoms with Crippen LogP contribution >= 0.6 is 0 Å². The SMILES string of the molecule is CCCC1(C(=O)N(C)CCc2ccccn2)CCCNC1. The van der Waals surface area contributed by atoms with Gasteiger partial charge in [-0.05, 0) is 37.9 Å². The molecular formula is C17H27N3O. The van der Waals surface area contributed by atoms with Gasteiger partial charge in [0.1, 0.15) is 0 Å². The number of nitrogens with zero attached hydrogens (tertiary/aromatic N) is 2. The molecule has 1 N–H and O–H groups in total. The number of hydrogen-bond donors (Lipinski definition) is 1. The van der Waals surface area contributed by atoms with Gasteiger partial charge in [-0.1, -0.05) is 19.4 Å². The molecule has 4 nitrogen and oxygen atoms in total. The summed E-state index contributed by atoms with van der Waals surface area (Å²) in [4.78, 5) is 19.1. The molecule has 0 spiro atoms. The molecule has 4 heteroatoms. The number of piperidine rings is 1. The molecule has 1 aromatic heterocycles. The lowest BCUT2D eigenvalue weighted by Crippen LogP contribution is -2.51. The third kappa shape index (κ3) is 4.03. The van der Waals surface area contributed by atoms with Gasteiger partial charge in [0.15, 0.2) is 0 Å². The Bertz CT molecular complexity index is 435. The molecule has 1 atom stereocenters. The molecule has 1 aromatic rings. The number of amides is 1. The molecule has 1 aliphatic rings. The van der Waals surface area contributed by atoms with Gasteiger partial charge in [0.05, 0.1) is 5.41 Å². The van der Waals surface area contributed by atoms with Gasteiger partial charge in [-0.3, -0.25) is 9.78 Å². The summed E-state index contributed by atoms with van der Waals surface area (Å²) in [5.41, 5.74) is 0.856. The summed E-state index contributed by atoms with van der Waals surface area (Å²) in [5.74, 6) is 0.299. The number of carbonyl (C=O) groups excluding carboxylic acids is 1. The number of nitrogens with one attached hydrogen (secondary N) is 1. The minimum absolute atomic E-state index is 0.189. The Morgan fingerprint density at radius 1 is 1.48 bits per heavy atom. The minimum atomic E-state index is -0.189. The van der Waals surface area contributed by atoms with Crippen LogP contribution in [0, 0.1) is 5.41 Å². The zero-order chi connectivity index (χ0) is 15.1. The van der Waals surface area contributed by atoms with Crippen LogP contribution in [0.1, 0.15) is 38.3 Å². The maximum Gasteiger partial charge on any atom is 0.229 e. The number of carbonyl (C=O) groups is 1. The highest BCUT2D eigenvalue weighted by molar-refractivity contribution is 5.83. The second kappa shape index (κ2) is 7.55. The van der Waals surface area contributed by atoms with Gasteiger partial charge < -0.3 is 10.2 Å². The Morgan fingerprint density at radius 2 is 2.33 bits per heavy atom. The monoisotopic (exact) mass is 289 g/mol. The van der Waals surface area contributed by atoms with Crippen LogP contribution in [0.5, 0.6) is 0 Å². The number of aromatic nitrogens is 1. The molecule has 0 aromatic carbocycles. The fourth-order valence-corrected chi connectivity index (χ4v) is 3.28. The highest BCUT2D eigenvalue weighted by atomic mass is 16.2. The number of hydrogen-bond acceptors (Lipinski definition) is 3. The Balaban J connectivity index is 1.96. The third-order valence-electron chi connectivity index (χ3n) is 4.43. The highest BCUT2D eigenvalue weighted by Crippen LogP contribution is 2.33. The quantitative estimate of drug-likeness (QED) is 0.873. The van der Waals surface area contributed by atoms with Crippen LogP contribution < -0.4 is 5.32 Å². The van der Waals surface area contributed by atoms with Gasteiger partial charge in [-0.2, -0.15) is 0 Å². The van der Waals surface area contributed by atoms with Gasteiger partial charge in [-0.15, -0.1) is 0 Å². The fraction of sp³-hybridized carbons (Fsp3) is 0.647. The fourth-order valence-electron chi connectivity index (χ4n) is 3.28. The Morgan fingerprint density at radius 3 is 2.95 bits per heavy atom. The van der Waals surface area contributed by atoms with E-state index in [2.05, 4.69) is 17.2 Å². The molecule has 21 heavy (non-hydrogen) atoms. The topological polar surface area (TPSA) is 45.2 Å². The zero-order valence-corrected chi connectivity index (χ0v) is 13.3. The molecule has 0 bridgehead atoms. The second-order valence-electron chi connectivity index (χ2n) is 6.11. The molecule has 2 rings (SSSR count). The smallest absolute Gasteiger partial charge is 0.229 e. The summed E-state index contributed by atoms with van der Waals surface area (Å²) in [6, 6.07) is 5.93. The van der Waals surface area contributed by atoms with E-state index in [1.165, 1.54) is 0 Å². The molecule has 116 valence electrons. The van der Waals surface area contributed by atoms with E-state index in [-0.39, 0.29) is 5.41 Å². The maximum absolute atomic E-state index is 12.9. The number of rotatable bonds is 6. The van der Waals surface area contributed by atoms with Gasteiger partial charge in [0.2, 0.25) is 5.91 Å². The van der Waals surface area contributed by atoms with Crippen LogP contribution in [0.4, 0.5) is 0 Å². The van der Waals surface area contributed by atoms with E-state index >= 15 is 0 Å². The summed E-state index contributed by atoms with van der Waals surface area (Å²) in [6.07, 6.45) is 6.77. The molecule has 1 amide bonds. The number of likely N-dealkylation sites (N-methyl/N-ethyl adjacent to an activating group) is 1. The first-order chi connectivity index (χ1) is 10.2. The van der Waals surface area contributed by atoms with Crippen LogP contribution in [0.3, 0.4) is 0 Å². The highest BCUT2D eigenvalue weighted by Gasteiger charge is 2.40. The molecule has 0 radical (unpaired) electrons. The van der Waals surface area contributed by atoms with E-state index in [1.54, 1.807) is 6.20 Å².